The molecule has 9 heteroatoms. The van der Waals surface area contributed by atoms with Crippen LogP contribution in [0.1, 0.15) is 34.8 Å². The van der Waals surface area contributed by atoms with E-state index in [4.69, 9.17) is 4.74 Å². The fraction of sp³-hybridized carbons (Fsp3) is 0.500. The number of nitrogens with zero attached hydrogens (tertiary/aromatic N) is 4. The Bertz CT molecular complexity index is 826. The molecule has 2 heterocycles. The van der Waals surface area contributed by atoms with Gasteiger partial charge in [0, 0.05) is 42.8 Å². The molecule has 2 N–H and O–H groups in total. The maximum atomic E-state index is 12.4. The summed E-state index contributed by atoms with van der Waals surface area (Å²) < 4.78 is 6.50. The minimum Gasteiger partial charge on any atom is -0.480 e. The molecular weight excluding hydrogens is 350 g/mol. The molecule has 2 aromatic heterocycles. The van der Waals surface area contributed by atoms with E-state index < -0.39 is 12.0 Å². The average Bonchev–Trinajstić information content (AvgIpc) is 2.85. The van der Waals surface area contributed by atoms with Crippen molar-refractivity contribution in [2.24, 2.45) is 0 Å². The van der Waals surface area contributed by atoms with E-state index in [9.17, 15) is 14.7 Å². The molecule has 146 valence electrons. The van der Waals surface area contributed by atoms with Gasteiger partial charge in [0.1, 0.15) is 6.04 Å². The molecule has 2 aromatic rings. The fourth-order valence-electron chi connectivity index (χ4n) is 2.83. The van der Waals surface area contributed by atoms with Crippen molar-refractivity contribution in [1.82, 2.24) is 25.1 Å². The number of hydrogen-bond acceptors (Lipinski definition) is 6. The van der Waals surface area contributed by atoms with Gasteiger partial charge in [0.05, 0.1) is 12.1 Å². The standard InChI is InChI=1S/C18H25N5O4/c1-10-8-11(2)20-18(19-10)23-13(4)14(12(3)22-23)9-16(24)21-15(17(25)26)6-7-27-5/h8,15H,6-7,9H2,1-5H3,(H,21,24)(H,25,26). The van der Waals surface area contributed by atoms with E-state index in [2.05, 4.69) is 20.4 Å². The zero-order chi connectivity index (χ0) is 20.1. The van der Waals surface area contributed by atoms with Crippen molar-refractivity contribution in [3.63, 3.8) is 0 Å². The maximum Gasteiger partial charge on any atom is 0.326 e. The monoisotopic (exact) mass is 375 g/mol. The summed E-state index contributed by atoms with van der Waals surface area (Å²) in [5, 5.41) is 16.2. The Morgan fingerprint density at radius 3 is 2.41 bits per heavy atom. The first-order valence-corrected chi connectivity index (χ1v) is 8.61. The first-order valence-electron chi connectivity index (χ1n) is 8.61. The molecule has 0 fully saturated rings. The largest absolute Gasteiger partial charge is 0.480 e. The normalized spacial score (nSPS) is 12.0. The predicted octanol–water partition coefficient (Wildman–Crippen LogP) is 1.04. The number of carbonyl (C=O) groups excluding carboxylic acids is 1. The molecule has 27 heavy (non-hydrogen) atoms. The summed E-state index contributed by atoms with van der Waals surface area (Å²) >= 11 is 0. The average molecular weight is 375 g/mol. The van der Waals surface area contributed by atoms with Gasteiger partial charge in [-0.05, 0) is 33.8 Å². The molecule has 1 amide bonds. The number of carboxylic acid groups (broad SMARTS) is 1. The number of ether oxygens (including phenoxy) is 1. The minimum atomic E-state index is -1.09. The van der Waals surface area contributed by atoms with Crippen LogP contribution in [-0.2, 0) is 20.7 Å². The number of nitrogens with one attached hydrogen (secondary N) is 1. The van der Waals surface area contributed by atoms with E-state index in [-0.39, 0.29) is 25.4 Å². The Hall–Kier alpha value is -2.81. The van der Waals surface area contributed by atoms with E-state index in [1.165, 1.54) is 7.11 Å². The van der Waals surface area contributed by atoms with Gasteiger partial charge in [0.25, 0.3) is 5.95 Å². The van der Waals surface area contributed by atoms with Crippen molar-refractivity contribution >= 4 is 11.9 Å². The van der Waals surface area contributed by atoms with Gasteiger partial charge in [-0.3, -0.25) is 4.79 Å². The molecular formula is C18H25N5O4. The molecule has 1 atom stereocenters. The van der Waals surface area contributed by atoms with Crippen LogP contribution in [0.4, 0.5) is 0 Å². The van der Waals surface area contributed by atoms with Gasteiger partial charge in [-0.25, -0.2) is 19.4 Å². The van der Waals surface area contributed by atoms with Crippen molar-refractivity contribution < 1.29 is 19.4 Å². The number of carbonyl (C=O) groups is 2. The molecule has 0 bridgehead atoms. The summed E-state index contributed by atoms with van der Waals surface area (Å²) in [7, 11) is 1.48. The molecule has 0 aliphatic rings. The maximum absolute atomic E-state index is 12.4. The van der Waals surface area contributed by atoms with Gasteiger partial charge in [0.2, 0.25) is 5.91 Å². The highest BCUT2D eigenvalue weighted by atomic mass is 16.5. The lowest BCUT2D eigenvalue weighted by molar-refractivity contribution is -0.142. The van der Waals surface area contributed by atoms with E-state index in [0.717, 1.165) is 22.6 Å². The fourth-order valence-corrected chi connectivity index (χ4v) is 2.83. The van der Waals surface area contributed by atoms with Crippen LogP contribution < -0.4 is 5.32 Å². The lowest BCUT2D eigenvalue weighted by atomic mass is 10.1. The number of aliphatic carboxylic acids is 1. The first kappa shape index (κ1) is 20.5. The molecule has 1 unspecified atom stereocenters. The van der Waals surface area contributed by atoms with Crippen LogP contribution >= 0.6 is 0 Å². The Morgan fingerprint density at radius 2 is 1.85 bits per heavy atom. The summed E-state index contributed by atoms with van der Waals surface area (Å²) in [5.74, 6) is -1.03. The Balaban J connectivity index is 2.21. The summed E-state index contributed by atoms with van der Waals surface area (Å²) in [4.78, 5) is 32.4. The molecule has 0 aromatic carbocycles. The second-order valence-electron chi connectivity index (χ2n) is 6.43. The Labute approximate surface area is 157 Å². The second-order valence-corrected chi connectivity index (χ2v) is 6.43. The summed E-state index contributed by atoms with van der Waals surface area (Å²) in [5.41, 5.74) is 3.80. The highest BCUT2D eigenvalue weighted by molar-refractivity contribution is 5.85. The Kier molecular flexibility index (Phi) is 6.62. The SMILES string of the molecule is COCCC(NC(=O)Cc1c(C)nn(-c2nc(C)cc(C)n2)c1C)C(=O)O. The third-order valence-corrected chi connectivity index (χ3v) is 4.18. The van der Waals surface area contributed by atoms with Gasteiger partial charge in [-0.15, -0.1) is 0 Å². The van der Waals surface area contributed by atoms with Crippen LogP contribution in [0.5, 0.6) is 0 Å². The first-order chi connectivity index (χ1) is 12.7. The molecule has 0 saturated heterocycles. The van der Waals surface area contributed by atoms with Gasteiger partial charge in [-0.1, -0.05) is 0 Å². The van der Waals surface area contributed by atoms with Crippen LogP contribution in [-0.4, -0.2) is 56.5 Å². The molecule has 0 aliphatic heterocycles. The van der Waals surface area contributed by atoms with Gasteiger partial charge >= 0.3 is 5.97 Å². The molecule has 0 spiro atoms. The molecule has 0 radical (unpaired) electrons. The highest BCUT2D eigenvalue weighted by Gasteiger charge is 2.22. The predicted molar refractivity (Wildman–Crippen MR) is 97.9 cm³/mol. The van der Waals surface area contributed by atoms with E-state index >= 15 is 0 Å². The molecule has 0 saturated carbocycles. The van der Waals surface area contributed by atoms with Crippen LogP contribution in [0.25, 0.3) is 5.95 Å². The van der Waals surface area contributed by atoms with Crippen LogP contribution in [0.2, 0.25) is 0 Å². The topological polar surface area (TPSA) is 119 Å². The molecule has 9 nitrogen and oxygen atoms in total. The quantitative estimate of drug-likeness (QED) is 0.707. The second kappa shape index (κ2) is 8.72. The molecule has 0 aliphatic carbocycles. The van der Waals surface area contributed by atoms with Crippen molar-refractivity contribution in [3.8, 4) is 5.95 Å². The van der Waals surface area contributed by atoms with Crippen LogP contribution in [0.3, 0.4) is 0 Å². The van der Waals surface area contributed by atoms with Crippen molar-refractivity contribution in [2.45, 2.75) is 46.6 Å². The number of carboxylic acids is 1. The minimum absolute atomic E-state index is 0.0270. The van der Waals surface area contributed by atoms with Crippen molar-refractivity contribution in [2.75, 3.05) is 13.7 Å². The third-order valence-electron chi connectivity index (χ3n) is 4.18. The highest BCUT2D eigenvalue weighted by Crippen LogP contribution is 2.17. The smallest absolute Gasteiger partial charge is 0.326 e. The molecule has 2 rings (SSSR count). The van der Waals surface area contributed by atoms with Gasteiger partial charge < -0.3 is 15.2 Å². The number of amides is 1. The number of rotatable bonds is 8. The summed E-state index contributed by atoms with van der Waals surface area (Å²) in [6.07, 6.45) is 0.227. The van der Waals surface area contributed by atoms with E-state index in [1.807, 2.05) is 26.8 Å². The van der Waals surface area contributed by atoms with Gasteiger partial charge in [0.15, 0.2) is 0 Å². The number of hydrogen-bond donors (Lipinski definition) is 2. The third kappa shape index (κ3) is 5.10. The van der Waals surface area contributed by atoms with E-state index in [0.29, 0.717) is 11.6 Å². The number of methoxy groups -OCH3 is 1. The van der Waals surface area contributed by atoms with Crippen molar-refractivity contribution in [1.29, 1.82) is 0 Å². The summed E-state index contributed by atoms with van der Waals surface area (Å²) in [6.45, 7) is 7.64. The Morgan fingerprint density at radius 1 is 1.22 bits per heavy atom. The van der Waals surface area contributed by atoms with Crippen LogP contribution in [0.15, 0.2) is 6.07 Å². The van der Waals surface area contributed by atoms with Gasteiger partial charge in [-0.2, -0.15) is 5.10 Å². The lowest BCUT2D eigenvalue weighted by Crippen LogP contribution is -2.42. The lowest BCUT2D eigenvalue weighted by Gasteiger charge is -2.14. The number of aromatic nitrogens is 4. The zero-order valence-corrected chi connectivity index (χ0v) is 16.2. The summed E-state index contributed by atoms with van der Waals surface area (Å²) in [6, 6.07) is 0.881. The van der Waals surface area contributed by atoms with Crippen LogP contribution in [0, 0.1) is 27.7 Å². The number of aryl methyl sites for hydroxylation is 3. The van der Waals surface area contributed by atoms with Crippen molar-refractivity contribution in [3.05, 3.63) is 34.4 Å². The zero-order valence-electron chi connectivity index (χ0n) is 16.2. The van der Waals surface area contributed by atoms with E-state index in [1.54, 1.807) is 11.6 Å².